The standard InChI is InChI=1S/C14H14N4O3/c1-9-7-10(8-13(15)16-9)14(19)17(2)11-3-5-12(6-4-11)18(20)21/h3-8H,1-2H3,(H2,15,16). The Labute approximate surface area is 121 Å². The fraction of sp³-hybridized carbons (Fsp3) is 0.143. The van der Waals surface area contributed by atoms with Crippen LogP contribution >= 0.6 is 0 Å². The number of non-ortho nitro benzene ring substituents is 1. The quantitative estimate of drug-likeness (QED) is 0.688. The molecule has 0 saturated carbocycles. The molecule has 2 rings (SSSR count). The number of nitro groups is 1. The van der Waals surface area contributed by atoms with Gasteiger partial charge in [0.05, 0.1) is 4.92 Å². The zero-order valence-electron chi connectivity index (χ0n) is 11.6. The van der Waals surface area contributed by atoms with E-state index in [0.717, 1.165) is 0 Å². The van der Waals surface area contributed by atoms with Crippen molar-refractivity contribution in [3.63, 3.8) is 0 Å². The minimum Gasteiger partial charge on any atom is -0.384 e. The highest BCUT2D eigenvalue weighted by atomic mass is 16.6. The molecule has 1 aromatic heterocycles. The first kappa shape index (κ1) is 14.4. The summed E-state index contributed by atoms with van der Waals surface area (Å²) in [6, 6.07) is 8.88. The summed E-state index contributed by atoms with van der Waals surface area (Å²) in [5, 5.41) is 10.6. The number of benzene rings is 1. The lowest BCUT2D eigenvalue weighted by Crippen LogP contribution is -2.26. The van der Waals surface area contributed by atoms with E-state index in [1.807, 2.05) is 0 Å². The molecule has 0 atom stereocenters. The number of hydrogen-bond acceptors (Lipinski definition) is 5. The third-order valence-electron chi connectivity index (χ3n) is 2.97. The maximum Gasteiger partial charge on any atom is 0.269 e. The smallest absolute Gasteiger partial charge is 0.269 e. The number of aromatic nitrogens is 1. The number of amides is 1. The molecule has 0 unspecified atom stereocenters. The van der Waals surface area contributed by atoms with Gasteiger partial charge in [-0.15, -0.1) is 0 Å². The molecular formula is C14H14N4O3. The summed E-state index contributed by atoms with van der Waals surface area (Å²) in [4.78, 5) is 27.9. The molecule has 1 amide bonds. The van der Waals surface area contributed by atoms with Crippen molar-refractivity contribution in [2.45, 2.75) is 6.92 Å². The van der Waals surface area contributed by atoms with E-state index in [0.29, 0.717) is 16.9 Å². The number of nitro benzene ring substituents is 1. The second-order valence-corrected chi connectivity index (χ2v) is 4.56. The first-order valence-corrected chi connectivity index (χ1v) is 6.15. The van der Waals surface area contributed by atoms with Crippen LogP contribution < -0.4 is 10.6 Å². The van der Waals surface area contributed by atoms with Gasteiger partial charge >= 0.3 is 0 Å². The molecule has 0 spiro atoms. The summed E-state index contributed by atoms with van der Waals surface area (Å²) in [5.41, 5.74) is 7.23. The van der Waals surface area contributed by atoms with Crippen molar-refractivity contribution in [1.82, 2.24) is 4.98 Å². The predicted octanol–water partition coefficient (Wildman–Crippen LogP) is 2.16. The van der Waals surface area contributed by atoms with Crippen molar-refractivity contribution < 1.29 is 9.72 Å². The van der Waals surface area contributed by atoms with Gasteiger partial charge in [0.2, 0.25) is 0 Å². The van der Waals surface area contributed by atoms with Gasteiger partial charge in [-0.3, -0.25) is 14.9 Å². The first-order valence-electron chi connectivity index (χ1n) is 6.15. The van der Waals surface area contributed by atoms with Crippen LogP contribution in [0.5, 0.6) is 0 Å². The van der Waals surface area contributed by atoms with Gasteiger partial charge in [-0.1, -0.05) is 0 Å². The molecule has 7 nitrogen and oxygen atoms in total. The van der Waals surface area contributed by atoms with E-state index >= 15 is 0 Å². The Hall–Kier alpha value is -2.96. The van der Waals surface area contributed by atoms with E-state index in [2.05, 4.69) is 4.98 Å². The molecule has 0 aliphatic carbocycles. The van der Waals surface area contributed by atoms with Crippen LogP contribution in [0.25, 0.3) is 0 Å². The number of nitrogen functional groups attached to an aromatic ring is 1. The van der Waals surface area contributed by atoms with Crippen LogP contribution in [0.3, 0.4) is 0 Å². The molecular weight excluding hydrogens is 272 g/mol. The van der Waals surface area contributed by atoms with Crippen LogP contribution in [0.4, 0.5) is 17.2 Å². The average molecular weight is 286 g/mol. The van der Waals surface area contributed by atoms with Crippen LogP contribution in [0.1, 0.15) is 16.1 Å². The molecule has 0 aliphatic rings. The van der Waals surface area contributed by atoms with Gasteiger partial charge in [-0.2, -0.15) is 0 Å². The molecule has 0 bridgehead atoms. The molecule has 108 valence electrons. The van der Waals surface area contributed by atoms with Crippen molar-refractivity contribution in [3.05, 3.63) is 57.8 Å². The molecule has 21 heavy (non-hydrogen) atoms. The number of carbonyl (C=O) groups is 1. The second kappa shape index (κ2) is 5.58. The lowest BCUT2D eigenvalue weighted by Gasteiger charge is -2.17. The summed E-state index contributed by atoms with van der Waals surface area (Å²) in [6.45, 7) is 1.75. The summed E-state index contributed by atoms with van der Waals surface area (Å²) in [7, 11) is 1.59. The van der Waals surface area contributed by atoms with Gasteiger partial charge in [0.1, 0.15) is 5.82 Å². The Balaban J connectivity index is 2.28. The normalized spacial score (nSPS) is 10.2. The van der Waals surface area contributed by atoms with Gasteiger partial charge in [0, 0.05) is 36.1 Å². The third-order valence-corrected chi connectivity index (χ3v) is 2.97. The average Bonchev–Trinajstić information content (AvgIpc) is 2.44. The van der Waals surface area contributed by atoms with E-state index in [1.165, 1.54) is 35.2 Å². The summed E-state index contributed by atoms with van der Waals surface area (Å²) in [6.07, 6.45) is 0. The summed E-state index contributed by atoms with van der Waals surface area (Å²) in [5.74, 6) is 0.0107. The maximum absolute atomic E-state index is 12.4. The minimum atomic E-state index is -0.488. The number of hydrogen-bond donors (Lipinski definition) is 1. The van der Waals surface area contributed by atoms with Gasteiger partial charge < -0.3 is 10.6 Å². The predicted molar refractivity (Wildman–Crippen MR) is 79.2 cm³/mol. The Morgan fingerprint density at radius 1 is 1.29 bits per heavy atom. The SMILES string of the molecule is Cc1cc(C(=O)N(C)c2ccc([N+](=O)[O-])cc2)cc(N)n1. The fourth-order valence-electron chi connectivity index (χ4n) is 1.93. The van der Waals surface area contributed by atoms with Crippen LogP contribution in [0, 0.1) is 17.0 Å². The van der Waals surface area contributed by atoms with E-state index < -0.39 is 4.92 Å². The molecule has 0 aliphatic heterocycles. The van der Waals surface area contributed by atoms with Crippen molar-refractivity contribution in [2.24, 2.45) is 0 Å². The number of carbonyl (C=O) groups excluding carboxylic acids is 1. The Morgan fingerprint density at radius 2 is 1.90 bits per heavy atom. The minimum absolute atomic E-state index is 0.0244. The highest BCUT2D eigenvalue weighted by Gasteiger charge is 2.15. The van der Waals surface area contributed by atoms with Crippen molar-refractivity contribution >= 4 is 23.1 Å². The van der Waals surface area contributed by atoms with Crippen molar-refractivity contribution in [3.8, 4) is 0 Å². The summed E-state index contributed by atoms with van der Waals surface area (Å²) < 4.78 is 0. The largest absolute Gasteiger partial charge is 0.384 e. The van der Waals surface area contributed by atoms with Crippen LogP contribution in [0.15, 0.2) is 36.4 Å². The lowest BCUT2D eigenvalue weighted by molar-refractivity contribution is -0.384. The van der Waals surface area contributed by atoms with Gasteiger partial charge in [-0.25, -0.2) is 4.98 Å². The molecule has 7 heteroatoms. The Bertz CT molecular complexity index is 678. The fourth-order valence-corrected chi connectivity index (χ4v) is 1.93. The number of nitrogens with two attached hydrogens (primary N) is 1. The number of aryl methyl sites for hydroxylation is 1. The molecule has 2 N–H and O–H groups in total. The van der Waals surface area contributed by atoms with Crippen LogP contribution in [0.2, 0.25) is 0 Å². The van der Waals surface area contributed by atoms with Gasteiger partial charge in [0.25, 0.3) is 11.6 Å². The highest BCUT2D eigenvalue weighted by molar-refractivity contribution is 6.06. The molecule has 0 saturated heterocycles. The van der Waals surface area contributed by atoms with Crippen molar-refractivity contribution in [1.29, 1.82) is 0 Å². The van der Waals surface area contributed by atoms with E-state index in [-0.39, 0.29) is 17.4 Å². The van der Waals surface area contributed by atoms with Gasteiger partial charge in [0.15, 0.2) is 0 Å². The summed E-state index contributed by atoms with van der Waals surface area (Å²) >= 11 is 0. The van der Waals surface area contributed by atoms with Crippen LogP contribution in [-0.4, -0.2) is 22.9 Å². The zero-order chi connectivity index (χ0) is 15.6. The molecule has 1 aromatic carbocycles. The monoisotopic (exact) mass is 286 g/mol. The number of anilines is 2. The Morgan fingerprint density at radius 3 is 2.43 bits per heavy atom. The van der Waals surface area contributed by atoms with E-state index in [9.17, 15) is 14.9 Å². The first-order chi connectivity index (χ1) is 9.88. The topological polar surface area (TPSA) is 102 Å². The highest BCUT2D eigenvalue weighted by Crippen LogP contribution is 2.20. The molecule has 0 radical (unpaired) electrons. The number of rotatable bonds is 3. The third kappa shape index (κ3) is 3.14. The zero-order valence-corrected chi connectivity index (χ0v) is 11.6. The van der Waals surface area contributed by atoms with Gasteiger partial charge in [-0.05, 0) is 31.2 Å². The second-order valence-electron chi connectivity index (χ2n) is 4.56. The molecule has 0 fully saturated rings. The lowest BCUT2D eigenvalue weighted by atomic mass is 10.2. The number of pyridine rings is 1. The van der Waals surface area contributed by atoms with E-state index in [1.54, 1.807) is 20.0 Å². The number of nitrogens with zero attached hydrogens (tertiary/aromatic N) is 3. The molecule has 2 aromatic rings. The van der Waals surface area contributed by atoms with E-state index in [4.69, 9.17) is 5.73 Å². The molecule has 1 heterocycles. The van der Waals surface area contributed by atoms with Crippen molar-refractivity contribution in [2.75, 3.05) is 17.7 Å². The van der Waals surface area contributed by atoms with Crippen LogP contribution in [-0.2, 0) is 0 Å². The maximum atomic E-state index is 12.4. The Kier molecular flexibility index (Phi) is 3.84.